The summed E-state index contributed by atoms with van der Waals surface area (Å²) in [5.41, 5.74) is 1.11. The van der Waals surface area contributed by atoms with E-state index in [1.54, 1.807) is 25.1 Å². The number of nitrogens with one attached hydrogen (secondary N) is 1. The first-order valence-corrected chi connectivity index (χ1v) is 11.4. The molecule has 3 amide bonds. The van der Waals surface area contributed by atoms with Crippen LogP contribution in [0.2, 0.25) is 0 Å². The smallest absolute Gasteiger partial charge is 0.325 e. The topological polar surface area (TPSA) is 110 Å². The van der Waals surface area contributed by atoms with Gasteiger partial charge in [-0.15, -0.1) is 6.58 Å². The zero-order valence-electron chi connectivity index (χ0n) is 19.6. The molecule has 3 heterocycles. The Kier molecular flexibility index (Phi) is 7.23. The Bertz CT molecular complexity index is 930. The minimum absolute atomic E-state index is 0.106. The van der Waals surface area contributed by atoms with Crippen molar-refractivity contribution in [1.29, 1.82) is 0 Å². The van der Waals surface area contributed by atoms with Crippen molar-refractivity contribution in [3.05, 3.63) is 36.9 Å². The number of urea groups is 1. The fourth-order valence-corrected chi connectivity index (χ4v) is 4.49. The number of imide groups is 1. The highest BCUT2D eigenvalue weighted by molar-refractivity contribution is 6.03. The minimum Gasteiger partial charge on any atom is -0.497 e. The normalized spacial score (nSPS) is 23.4. The number of likely N-dealkylation sites (N-methyl/N-ethyl adjacent to an activating group) is 1. The van der Waals surface area contributed by atoms with Crippen molar-refractivity contribution < 1.29 is 24.2 Å². The Morgan fingerprint density at radius 1 is 1.21 bits per heavy atom. The summed E-state index contributed by atoms with van der Waals surface area (Å²) in [5.74, 6) is 1.01. The third-order valence-corrected chi connectivity index (χ3v) is 6.29. The second-order valence-corrected chi connectivity index (χ2v) is 8.50. The van der Waals surface area contributed by atoms with Gasteiger partial charge >= 0.3 is 6.03 Å². The molecule has 0 radical (unpaired) electrons. The molecule has 184 valence electrons. The van der Waals surface area contributed by atoms with Gasteiger partial charge in [0.25, 0.3) is 5.91 Å². The molecular formula is C23H32N6O5. The van der Waals surface area contributed by atoms with E-state index in [0.717, 1.165) is 24.5 Å². The zero-order chi connectivity index (χ0) is 24.2. The van der Waals surface area contributed by atoms with Gasteiger partial charge in [0.05, 0.1) is 26.4 Å². The Hall–Kier alpha value is -3.31. The molecule has 0 saturated carbocycles. The first kappa shape index (κ1) is 23.8. The van der Waals surface area contributed by atoms with E-state index in [1.807, 2.05) is 24.3 Å². The maximum absolute atomic E-state index is 12.8. The Labute approximate surface area is 199 Å². The molecule has 11 nitrogen and oxygen atoms in total. The number of carbonyl (C=O) groups is 2. The molecular weight excluding hydrogens is 440 g/mol. The van der Waals surface area contributed by atoms with E-state index in [0.29, 0.717) is 25.7 Å². The van der Waals surface area contributed by atoms with Crippen molar-refractivity contribution in [3.63, 3.8) is 0 Å². The lowest BCUT2D eigenvalue weighted by Crippen LogP contribution is -2.65. The number of guanidine groups is 1. The SMILES string of the molecule is C=CCOCC(O)CN1C(N2CCN(c3ccc(OC)cc3)CC2)=NC2C1C(=O)NC(=O)N2C. The standard InChI is InChI=1S/C23H32N6O5/c1-4-13-34-15-17(30)14-29-19-20(26(2)23(32)25-21(19)31)24-22(29)28-11-9-27(10-12-28)16-5-7-18(33-3)8-6-16/h4-8,17,19-20,30H,1,9-15H2,2-3H3,(H,25,31,32). The number of nitrogens with zero attached hydrogens (tertiary/aromatic N) is 5. The number of rotatable bonds is 8. The molecule has 4 rings (SSSR count). The number of amides is 3. The van der Waals surface area contributed by atoms with Crippen molar-refractivity contribution in [2.24, 2.45) is 4.99 Å². The molecule has 0 bridgehead atoms. The summed E-state index contributed by atoms with van der Waals surface area (Å²) < 4.78 is 10.6. The van der Waals surface area contributed by atoms with Crippen LogP contribution in [0.5, 0.6) is 5.75 Å². The quantitative estimate of drug-likeness (QED) is 0.400. The van der Waals surface area contributed by atoms with Gasteiger partial charge < -0.3 is 34.2 Å². The van der Waals surface area contributed by atoms with Crippen LogP contribution in [0.1, 0.15) is 0 Å². The molecule has 0 aromatic heterocycles. The lowest BCUT2D eigenvalue weighted by Gasteiger charge is -2.41. The number of anilines is 1. The highest BCUT2D eigenvalue weighted by Gasteiger charge is 2.50. The molecule has 0 aliphatic carbocycles. The van der Waals surface area contributed by atoms with Gasteiger partial charge in [-0.1, -0.05) is 6.08 Å². The summed E-state index contributed by atoms with van der Waals surface area (Å²) in [6.07, 6.45) is 0.139. The average Bonchev–Trinajstić information content (AvgIpc) is 3.22. The summed E-state index contributed by atoms with van der Waals surface area (Å²) in [4.78, 5) is 37.3. The number of aliphatic hydroxyl groups excluding tert-OH is 1. The molecule has 3 aliphatic heterocycles. The van der Waals surface area contributed by atoms with Crippen LogP contribution in [-0.4, -0.2) is 116 Å². The first-order chi connectivity index (χ1) is 16.4. The van der Waals surface area contributed by atoms with Gasteiger partial charge in [-0.05, 0) is 24.3 Å². The van der Waals surface area contributed by atoms with E-state index in [2.05, 4.69) is 21.7 Å². The van der Waals surface area contributed by atoms with Gasteiger partial charge in [0.1, 0.15) is 5.75 Å². The Morgan fingerprint density at radius 3 is 2.53 bits per heavy atom. The predicted octanol–water partition coefficient (Wildman–Crippen LogP) is -0.0714. The number of carbonyl (C=O) groups excluding carboxylic acids is 2. The Morgan fingerprint density at radius 2 is 1.88 bits per heavy atom. The van der Waals surface area contributed by atoms with Gasteiger partial charge in [0.2, 0.25) is 0 Å². The maximum Gasteiger partial charge on any atom is 0.325 e. The van der Waals surface area contributed by atoms with E-state index >= 15 is 0 Å². The van der Waals surface area contributed by atoms with Gasteiger partial charge in [-0.3, -0.25) is 10.1 Å². The van der Waals surface area contributed by atoms with E-state index < -0.39 is 30.2 Å². The summed E-state index contributed by atoms with van der Waals surface area (Å²) in [6.45, 7) is 7.10. The van der Waals surface area contributed by atoms with E-state index in [9.17, 15) is 14.7 Å². The largest absolute Gasteiger partial charge is 0.497 e. The van der Waals surface area contributed by atoms with Crippen LogP contribution < -0.4 is 15.0 Å². The number of aliphatic hydroxyl groups is 1. The van der Waals surface area contributed by atoms with Gasteiger partial charge in [0.15, 0.2) is 18.2 Å². The van der Waals surface area contributed by atoms with Crippen LogP contribution in [-0.2, 0) is 9.53 Å². The number of hydrogen-bond acceptors (Lipinski definition) is 9. The van der Waals surface area contributed by atoms with Crippen molar-refractivity contribution in [2.75, 3.05) is 65.0 Å². The van der Waals surface area contributed by atoms with Crippen LogP contribution >= 0.6 is 0 Å². The lowest BCUT2D eigenvalue weighted by molar-refractivity contribution is -0.127. The summed E-state index contributed by atoms with van der Waals surface area (Å²) in [7, 11) is 3.27. The van der Waals surface area contributed by atoms with Gasteiger partial charge in [-0.2, -0.15) is 0 Å². The second kappa shape index (κ2) is 10.3. The average molecular weight is 473 g/mol. The van der Waals surface area contributed by atoms with Crippen molar-refractivity contribution in [2.45, 2.75) is 18.3 Å². The Balaban J connectivity index is 1.48. The molecule has 34 heavy (non-hydrogen) atoms. The van der Waals surface area contributed by atoms with E-state index in [1.165, 1.54) is 4.90 Å². The minimum atomic E-state index is -0.833. The molecule has 0 spiro atoms. The van der Waals surface area contributed by atoms with Crippen molar-refractivity contribution in [1.82, 2.24) is 20.0 Å². The van der Waals surface area contributed by atoms with Crippen LogP contribution in [0, 0.1) is 0 Å². The van der Waals surface area contributed by atoms with Crippen LogP contribution in [0.15, 0.2) is 41.9 Å². The molecule has 1 aromatic carbocycles. The van der Waals surface area contributed by atoms with Gasteiger partial charge in [-0.25, -0.2) is 9.79 Å². The predicted molar refractivity (Wildman–Crippen MR) is 127 cm³/mol. The fourth-order valence-electron chi connectivity index (χ4n) is 4.49. The van der Waals surface area contributed by atoms with E-state index in [-0.39, 0.29) is 13.2 Å². The fraction of sp³-hybridized carbons (Fsp3) is 0.522. The van der Waals surface area contributed by atoms with Crippen molar-refractivity contribution >= 4 is 23.6 Å². The molecule has 1 aromatic rings. The van der Waals surface area contributed by atoms with Crippen molar-refractivity contribution in [3.8, 4) is 5.75 Å². The molecule has 3 unspecified atom stereocenters. The molecule has 2 saturated heterocycles. The third-order valence-electron chi connectivity index (χ3n) is 6.29. The highest BCUT2D eigenvalue weighted by atomic mass is 16.5. The summed E-state index contributed by atoms with van der Waals surface area (Å²) >= 11 is 0. The number of ether oxygens (including phenoxy) is 2. The number of aliphatic imine (C=N–C) groups is 1. The molecule has 3 atom stereocenters. The summed E-state index contributed by atoms with van der Waals surface area (Å²) in [5, 5.41) is 13.0. The number of piperazine rings is 1. The summed E-state index contributed by atoms with van der Waals surface area (Å²) in [6, 6.07) is 6.77. The monoisotopic (exact) mass is 472 g/mol. The lowest BCUT2D eigenvalue weighted by atomic mass is 10.1. The molecule has 2 fully saturated rings. The first-order valence-electron chi connectivity index (χ1n) is 11.4. The maximum atomic E-state index is 12.8. The van der Waals surface area contributed by atoms with Crippen LogP contribution in [0.4, 0.5) is 10.5 Å². The van der Waals surface area contributed by atoms with Crippen LogP contribution in [0.3, 0.4) is 0 Å². The number of β-amino-alcohol motifs (C(OH)–C–C–N with tert-alkyl or cyclic N) is 1. The molecule has 3 aliphatic rings. The second-order valence-electron chi connectivity index (χ2n) is 8.50. The van der Waals surface area contributed by atoms with Crippen LogP contribution in [0.25, 0.3) is 0 Å². The van der Waals surface area contributed by atoms with E-state index in [4.69, 9.17) is 14.5 Å². The highest BCUT2D eigenvalue weighted by Crippen LogP contribution is 2.27. The molecule has 2 N–H and O–H groups in total. The molecule has 11 heteroatoms. The number of fused-ring (bicyclic) bond motifs is 1. The number of benzene rings is 1. The third kappa shape index (κ3) is 4.80. The zero-order valence-corrected chi connectivity index (χ0v) is 19.6. The number of methoxy groups -OCH3 is 1. The van der Waals surface area contributed by atoms with Gasteiger partial charge in [0, 0.05) is 45.5 Å². The number of hydrogen-bond donors (Lipinski definition) is 2.